The Morgan fingerprint density at radius 3 is 2.78 bits per heavy atom. The van der Waals surface area contributed by atoms with Crippen molar-refractivity contribution in [2.75, 3.05) is 36.5 Å². The minimum Gasteiger partial charge on any atom is -0.373 e. The normalized spacial score (nSPS) is 15.4. The van der Waals surface area contributed by atoms with Crippen molar-refractivity contribution in [1.29, 1.82) is 0 Å². The lowest BCUT2D eigenvalue weighted by molar-refractivity contribution is -0.165. The number of anilines is 2. The van der Waals surface area contributed by atoms with E-state index in [4.69, 9.17) is 0 Å². The summed E-state index contributed by atoms with van der Waals surface area (Å²) in [6.45, 7) is -1.23. The fraction of sp³-hybridized carbons (Fsp3) is 0.500. The number of halogens is 5. The van der Waals surface area contributed by atoms with Gasteiger partial charge in [0, 0.05) is 19.5 Å². The van der Waals surface area contributed by atoms with Crippen LogP contribution in [0.15, 0.2) is 18.2 Å². The first-order chi connectivity index (χ1) is 10.8. The van der Waals surface area contributed by atoms with Crippen molar-refractivity contribution in [3.05, 3.63) is 24.0 Å². The van der Waals surface area contributed by atoms with E-state index in [1.54, 1.807) is 4.90 Å². The van der Waals surface area contributed by atoms with Crippen molar-refractivity contribution >= 4 is 17.3 Å². The van der Waals surface area contributed by atoms with Gasteiger partial charge in [0.25, 0.3) is 0 Å². The van der Waals surface area contributed by atoms with E-state index < -0.39 is 24.8 Å². The van der Waals surface area contributed by atoms with Crippen LogP contribution in [0.1, 0.15) is 6.42 Å². The highest BCUT2D eigenvalue weighted by Crippen LogP contribution is 2.29. The van der Waals surface area contributed by atoms with Crippen molar-refractivity contribution in [1.82, 2.24) is 0 Å². The molecular formula is C14H15F5N2O2. The van der Waals surface area contributed by atoms with Gasteiger partial charge in [-0.3, -0.25) is 4.79 Å². The maximum absolute atomic E-state index is 13.2. The summed E-state index contributed by atoms with van der Waals surface area (Å²) < 4.78 is 67.3. The number of benzene rings is 1. The van der Waals surface area contributed by atoms with Crippen LogP contribution >= 0.6 is 0 Å². The lowest BCUT2D eigenvalue weighted by Gasteiger charge is -2.24. The number of nitrogens with zero attached hydrogens (tertiary/aromatic N) is 1. The summed E-state index contributed by atoms with van der Waals surface area (Å²) in [5, 5.41) is 2.54. The van der Waals surface area contributed by atoms with E-state index in [-0.39, 0.29) is 37.7 Å². The van der Waals surface area contributed by atoms with Crippen LogP contribution in [-0.4, -0.2) is 44.6 Å². The van der Waals surface area contributed by atoms with Crippen LogP contribution < -0.4 is 10.2 Å². The van der Waals surface area contributed by atoms with Crippen LogP contribution in [0.5, 0.6) is 0 Å². The predicted octanol–water partition coefficient (Wildman–Crippen LogP) is 2.89. The average molecular weight is 338 g/mol. The molecule has 1 amide bonds. The number of hydrogen-bond donors (Lipinski definition) is 1. The maximum atomic E-state index is 13.2. The minimum absolute atomic E-state index is 0.104. The van der Waals surface area contributed by atoms with E-state index in [0.717, 1.165) is 6.07 Å². The van der Waals surface area contributed by atoms with Gasteiger partial charge in [-0.15, -0.1) is 0 Å². The second-order valence-electron chi connectivity index (χ2n) is 5.06. The molecule has 0 aromatic heterocycles. The third-order valence-corrected chi connectivity index (χ3v) is 3.30. The van der Waals surface area contributed by atoms with Crippen molar-refractivity contribution in [2.24, 2.45) is 0 Å². The molecule has 23 heavy (non-hydrogen) atoms. The molecule has 0 aliphatic carbocycles. The fourth-order valence-corrected chi connectivity index (χ4v) is 2.13. The van der Waals surface area contributed by atoms with E-state index in [9.17, 15) is 26.7 Å². The lowest BCUT2D eigenvalue weighted by atomic mass is 10.2. The summed E-state index contributed by atoms with van der Waals surface area (Å²) in [6, 6.07) is 3.80. The van der Waals surface area contributed by atoms with E-state index in [2.05, 4.69) is 10.1 Å². The number of carbonyl (C=O) groups excluding carboxylic acids is 1. The molecule has 0 saturated carbocycles. The van der Waals surface area contributed by atoms with Gasteiger partial charge in [-0.05, 0) is 18.2 Å². The van der Waals surface area contributed by atoms with Gasteiger partial charge in [-0.25, -0.2) is 13.2 Å². The molecule has 0 fully saturated rings. The number of nitrogens with one attached hydrogen (secondary N) is 1. The molecule has 1 aromatic rings. The molecule has 0 atom stereocenters. The Morgan fingerprint density at radius 1 is 1.35 bits per heavy atom. The Kier molecular flexibility index (Phi) is 5.40. The second kappa shape index (κ2) is 7.12. The smallest absolute Gasteiger partial charge is 0.330 e. The van der Waals surface area contributed by atoms with Crippen LogP contribution in [0, 0.1) is 5.82 Å². The molecule has 1 aromatic carbocycles. The van der Waals surface area contributed by atoms with E-state index in [1.165, 1.54) is 12.1 Å². The van der Waals surface area contributed by atoms with E-state index in [1.807, 2.05) is 0 Å². The largest absolute Gasteiger partial charge is 0.373 e. The molecule has 1 heterocycles. The number of hydrogen-bond acceptors (Lipinski definition) is 3. The molecule has 1 aliphatic heterocycles. The number of rotatable bonds is 6. The number of alkyl halides is 4. The molecule has 4 nitrogen and oxygen atoms in total. The van der Waals surface area contributed by atoms with Gasteiger partial charge in [0.05, 0.1) is 18.0 Å². The summed E-state index contributed by atoms with van der Waals surface area (Å²) in [5.74, 6) is -5.03. The number of amides is 1. The first kappa shape index (κ1) is 17.5. The van der Waals surface area contributed by atoms with Gasteiger partial charge in [0.1, 0.15) is 12.4 Å². The van der Waals surface area contributed by atoms with Crippen LogP contribution in [-0.2, 0) is 9.53 Å². The summed E-state index contributed by atoms with van der Waals surface area (Å²) in [7, 11) is 0. The topological polar surface area (TPSA) is 41.6 Å². The Morgan fingerprint density at radius 2 is 2.09 bits per heavy atom. The minimum atomic E-state index is -4.20. The molecule has 0 radical (unpaired) electrons. The molecule has 0 unspecified atom stereocenters. The van der Waals surface area contributed by atoms with Gasteiger partial charge in [0.15, 0.2) is 0 Å². The van der Waals surface area contributed by atoms with Gasteiger partial charge in [-0.1, -0.05) is 0 Å². The molecule has 0 spiro atoms. The molecular weight excluding hydrogens is 323 g/mol. The monoisotopic (exact) mass is 338 g/mol. The van der Waals surface area contributed by atoms with Crippen molar-refractivity contribution < 1.29 is 31.5 Å². The molecule has 0 bridgehead atoms. The first-order valence-electron chi connectivity index (χ1n) is 6.87. The van der Waals surface area contributed by atoms with E-state index in [0.29, 0.717) is 5.69 Å². The summed E-state index contributed by atoms with van der Waals surface area (Å²) in [4.78, 5) is 13.2. The van der Waals surface area contributed by atoms with Crippen LogP contribution in [0.3, 0.4) is 0 Å². The summed E-state index contributed by atoms with van der Waals surface area (Å²) in [6.07, 6.45) is -3.66. The van der Waals surface area contributed by atoms with Gasteiger partial charge in [0.2, 0.25) is 5.91 Å². The maximum Gasteiger partial charge on any atom is 0.330 e. The number of ether oxygens (including phenoxy) is 1. The summed E-state index contributed by atoms with van der Waals surface area (Å²) in [5.41, 5.74) is 0.784. The summed E-state index contributed by atoms with van der Waals surface area (Å²) >= 11 is 0. The molecule has 9 heteroatoms. The van der Waals surface area contributed by atoms with Crippen LogP contribution in [0.25, 0.3) is 0 Å². The lowest BCUT2D eigenvalue weighted by Crippen LogP contribution is -2.34. The van der Waals surface area contributed by atoms with E-state index >= 15 is 0 Å². The Bertz CT molecular complexity index is 568. The Balaban J connectivity index is 1.97. The zero-order chi connectivity index (χ0) is 17.0. The van der Waals surface area contributed by atoms with Crippen LogP contribution in [0.4, 0.5) is 33.3 Å². The highest BCUT2D eigenvalue weighted by Gasteiger charge is 2.40. The first-order valence-corrected chi connectivity index (χ1v) is 6.87. The number of carbonyl (C=O) groups is 1. The van der Waals surface area contributed by atoms with Gasteiger partial charge >= 0.3 is 12.3 Å². The SMILES string of the molecule is O=C1CCN(CCOCC(F)(F)C(F)F)c2ccc(F)cc2N1. The Labute approximate surface area is 129 Å². The van der Waals surface area contributed by atoms with Crippen LogP contribution in [0.2, 0.25) is 0 Å². The molecule has 0 saturated heterocycles. The predicted molar refractivity (Wildman–Crippen MR) is 73.6 cm³/mol. The zero-order valence-electron chi connectivity index (χ0n) is 12.0. The van der Waals surface area contributed by atoms with Crippen molar-refractivity contribution in [3.8, 4) is 0 Å². The van der Waals surface area contributed by atoms with Gasteiger partial charge in [-0.2, -0.15) is 8.78 Å². The zero-order valence-corrected chi connectivity index (χ0v) is 12.0. The third kappa shape index (κ3) is 4.54. The van der Waals surface area contributed by atoms with Crippen molar-refractivity contribution in [2.45, 2.75) is 18.8 Å². The molecule has 2 rings (SSSR count). The molecule has 1 N–H and O–H groups in total. The fourth-order valence-electron chi connectivity index (χ4n) is 2.13. The second-order valence-corrected chi connectivity index (χ2v) is 5.06. The average Bonchev–Trinajstić information content (AvgIpc) is 2.61. The standard InChI is InChI=1S/C14H15F5N2O2/c15-9-1-2-11-10(7-9)20-12(22)3-4-21(11)5-6-23-8-14(18,19)13(16)17/h1-2,7,13H,3-6,8H2,(H,20,22). The van der Waals surface area contributed by atoms with Gasteiger partial charge < -0.3 is 15.0 Å². The Hall–Kier alpha value is -1.90. The highest BCUT2D eigenvalue weighted by molar-refractivity contribution is 5.96. The highest BCUT2D eigenvalue weighted by atomic mass is 19.3. The van der Waals surface area contributed by atoms with Crippen molar-refractivity contribution in [3.63, 3.8) is 0 Å². The third-order valence-electron chi connectivity index (χ3n) is 3.30. The molecule has 128 valence electrons. The molecule has 1 aliphatic rings. The number of fused-ring (bicyclic) bond motifs is 1. The quantitative estimate of drug-likeness (QED) is 0.641.